The zero-order valence-corrected chi connectivity index (χ0v) is 22.5. The highest BCUT2D eigenvalue weighted by Crippen LogP contribution is 2.53. The average molecular weight is 515 g/mol. The molecule has 6 nitrogen and oxygen atoms in total. The number of carboxylic acids is 1. The van der Waals surface area contributed by atoms with Crippen molar-refractivity contribution in [1.29, 1.82) is 0 Å². The number of fused-ring (bicyclic) bond motifs is 1. The van der Waals surface area contributed by atoms with Crippen molar-refractivity contribution in [2.75, 3.05) is 0 Å². The lowest BCUT2D eigenvalue weighted by molar-refractivity contribution is -0.154. The molecule has 2 aliphatic heterocycles. The number of amides is 2. The van der Waals surface area contributed by atoms with Gasteiger partial charge in [-0.25, -0.2) is 0 Å². The standard InChI is InChI=1S/C32H38N2O4/c1-31(2,3)34-28(35)25-26(29(34)36)32(30(37)38,20-23-12-8-5-9-13-23)33-27(25)24-18-16-22(17-19-24)15-14-21-10-6-4-7-11-21/h4,6-7,10-11,14-19,23,25-27,33H,5,8-9,12-13,20H2,1-3H3,(H,37,38)/b15-14+. The number of benzene rings is 2. The van der Waals surface area contributed by atoms with Crippen LogP contribution in [0.4, 0.5) is 0 Å². The normalized spacial score (nSPS) is 28.3. The van der Waals surface area contributed by atoms with E-state index in [-0.39, 0.29) is 17.7 Å². The fourth-order valence-corrected chi connectivity index (χ4v) is 6.84. The van der Waals surface area contributed by atoms with Gasteiger partial charge in [0.1, 0.15) is 5.54 Å². The highest BCUT2D eigenvalue weighted by Gasteiger charge is 2.69. The summed E-state index contributed by atoms with van der Waals surface area (Å²) in [6, 6.07) is 17.4. The minimum absolute atomic E-state index is 0.226. The van der Waals surface area contributed by atoms with Gasteiger partial charge in [0.2, 0.25) is 11.8 Å². The summed E-state index contributed by atoms with van der Waals surface area (Å²) in [6.07, 6.45) is 9.69. The number of carbonyl (C=O) groups excluding carboxylic acids is 2. The van der Waals surface area contributed by atoms with Crippen LogP contribution >= 0.6 is 0 Å². The van der Waals surface area contributed by atoms with E-state index >= 15 is 0 Å². The Kier molecular flexibility index (Phi) is 7.03. The van der Waals surface area contributed by atoms with Crippen LogP contribution in [0.3, 0.4) is 0 Å². The van der Waals surface area contributed by atoms with Crippen LogP contribution in [0.5, 0.6) is 0 Å². The van der Waals surface area contributed by atoms with Gasteiger partial charge in [0, 0.05) is 11.6 Å². The first-order valence-corrected chi connectivity index (χ1v) is 13.8. The molecule has 1 saturated carbocycles. The van der Waals surface area contributed by atoms with Gasteiger partial charge in [-0.1, -0.05) is 98.9 Å². The van der Waals surface area contributed by atoms with E-state index in [0.717, 1.165) is 42.4 Å². The van der Waals surface area contributed by atoms with Crippen molar-refractivity contribution in [2.45, 2.75) is 76.4 Å². The van der Waals surface area contributed by atoms with Gasteiger partial charge in [-0.05, 0) is 49.8 Å². The van der Waals surface area contributed by atoms with Crippen LogP contribution in [0.25, 0.3) is 12.2 Å². The summed E-state index contributed by atoms with van der Waals surface area (Å²) in [5.41, 5.74) is 0.757. The van der Waals surface area contributed by atoms with Crippen LogP contribution in [0.1, 0.15) is 82.0 Å². The molecule has 0 aromatic heterocycles. The molecule has 2 heterocycles. The number of imide groups is 1. The van der Waals surface area contributed by atoms with Gasteiger partial charge >= 0.3 is 5.97 Å². The van der Waals surface area contributed by atoms with Gasteiger partial charge in [-0.3, -0.25) is 24.6 Å². The molecule has 2 saturated heterocycles. The molecule has 2 N–H and O–H groups in total. The van der Waals surface area contributed by atoms with Crippen molar-refractivity contribution < 1.29 is 19.5 Å². The molecule has 3 aliphatic rings. The number of aliphatic carboxylic acids is 1. The molecule has 5 rings (SSSR count). The van der Waals surface area contributed by atoms with Crippen molar-refractivity contribution in [3.8, 4) is 0 Å². The van der Waals surface area contributed by atoms with Crippen molar-refractivity contribution in [3.05, 3.63) is 71.3 Å². The van der Waals surface area contributed by atoms with Crippen LogP contribution in [0.15, 0.2) is 54.6 Å². The molecule has 6 heteroatoms. The van der Waals surface area contributed by atoms with Crippen LogP contribution in [0.2, 0.25) is 0 Å². The van der Waals surface area contributed by atoms with E-state index in [1.54, 1.807) is 0 Å². The Bertz CT molecular complexity index is 1220. The lowest BCUT2D eigenvalue weighted by Crippen LogP contribution is -2.58. The predicted molar refractivity (Wildman–Crippen MR) is 148 cm³/mol. The second-order valence-electron chi connectivity index (χ2n) is 12.2. The molecule has 3 fully saturated rings. The second kappa shape index (κ2) is 10.1. The molecule has 2 aromatic rings. The molecule has 2 amide bonds. The van der Waals surface area contributed by atoms with E-state index in [1.807, 2.05) is 87.5 Å². The lowest BCUT2D eigenvalue weighted by Gasteiger charge is -2.37. The Hall–Kier alpha value is -3.25. The van der Waals surface area contributed by atoms with Crippen LogP contribution in [-0.4, -0.2) is 38.9 Å². The van der Waals surface area contributed by atoms with Crippen molar-refractivity contribution in [1.82, 2.24) is 10.2 Å². The monoisotopic (exact) mass is 514 g/mol. The summed E-state index contributed by atoms with van der Waals surface area (Å²) in [5, 5.41) is 14.1. The molecule has 2 aromatic carbocycles. The summed E-state index contributed by atoms with van der Waals surface area (Å²) in [7, 11) is 0. The minimum Gasteiger partial charge on any atom is -0.480 e. The van der Waals surface area contributed by atoms with Gasteiger partial charge in [-0.15, -0.1) is 0 Å². The third-order valence-corrected chi connectivity index (χ3v) is 8.61. The Balaban J connectivity index is 1.50. The summed E-state index contributed by atoms with van der Waals surface area (Å²) in [6.45, 7) is 5.51. The van der Waals surface area contributed by atoms with Crippen molar-refractivity contribution in [3.63, 3.8) is 0 Å². The molecular weight excluding hydrogens is 476 g/mol. The predicted octanol–water partition coefficient (Wildman–Crippen LogP) is 5.69. The number of carbonyl (C=O) groups is 3. The van der Waals surface area contributed by atoms with E-state index in [0.29, 0.717) is 6.42 Å². The van der Waals surface area contributed by atoms with E-state index < -0.39 is 34.9 Å². The van der Waals surface area contributed by atoms with Gasteiger partial charge in [0.05, 0.1) is 11.8 Å². The first kappa shape index (κ1) is 26.4. The van der Waals surface area contributed by atoms with E-state index in [9.17, 15) is 19.5 Å². The third-order valence-electron chi connectivity index (χ3n) is 8.61. The Morgan fingerprint density at radius 3 is 2.13 bits per heavy atom. The fraction of sp³-hybridized carbons (Fsp3) is 0.469. The van der Waals surface area contributed by atoms with Gasteiger partial charge < -0.3 is 5.11 Å². The zero-order valence-electron chi connectivity index (χ0n) is 22.5. The molecule has 4 atom stereocenters. The lowest BCUT2D eigenvalue weighted by atomic mass is 9.72. The quantitative estimate of drug-likeness (QED) is 0.382. The van der Waals surface area contributed by atoms with Crippen LogP contribution in [-0.2, 0) is 14.4 Å². The van der Waals surface area contributed by atoms with Crippen LogP contribution < -0.4 is 5.32 Å². The maximum Gasteiger partial charge on any atom is 0.324 e. The molecule has 38 heavy (non-hydrogen) atoms. The first-order valence-electron chi connectivity index (χ1n) is 13.8. The zero-order chi connectivity index (χ0) is 27.1. The maximum absolute atomic E-state index is 13.8. The maximum atomic E-state index is 13.8. The van der Waals surface area contributed by atoms with Crippen LogP contribution in [0, 0.1) is 17.8 Å². The van der Waals surface area contributed by atoms with Crippen molar-refractivity contribution in [2.24, 2.45) is 17.8 Å². The number of nitrogens with one attached hydrogen (secondary N) is 1. The van der Waals surface area contributed by atoms with E-state index in [1.165, 1.54) is 11.3 Å². The van der Waals surface area contributed by atoms with Crippen molar-refractivity contribution >= 4 is 29.9 Å². The fourth-order valence-electron chi connectivity index (χ4n) is 6.84. The first-order chi connectivity index (χ1) is 18.1. The molecule has 0 spiro atoms. The number of hydrogen-bond donors (Lipinski definition) is 2. The Morgan fingerprint density at radius 2 is 1.55 bits per heavy atom. The van der Waals surface area contributed by atoms with Gasteiger partial charge in [-0.2, -0.15) is 0 Å². The van der Waals surface area contributed by atoms with Gasteiger partial charge in [0.25, 0.3) is 0 Å². The molecule has 1 aliphatic carbocycles. The number of hydrogen-bond acceptors (Lipinski definition) is 4. The number of rotatable bonds is 6. The summed E-state index contributed by atoms with van der Waals surface area (Å²) in [5.74, 6) is -3.10. The Labute approximate surface area is 225 Å². The Morgan fingerprint density at radius 1 is 0.947 bits per heavy atom. The molecule has 4 unspecified atom stereocenters. The average Bonchev–Trinajstić information content (AvgIpc) is 3.38. The smallest absolute Gasteiger partial charge is 0.324 e. The molecule has 0 bridgehead atoms. The van der Waals surface area contributed by atoms with E-state index in [2.05, 4.69) is 5.32 Å². The molecular formula is C32H38N2O4. The number of nitrogens with zero attached hydrogens (tertiary/aromatic N) is 1. The van der Waals surface area contributed by atoms with Gasteiger partial charge in [0.15, 0.2) is 0 Å². The topological polar surface area (TPSA) is 86.7 Å². The number of carboxylic acid groups (broad SMARTS) is 1. The second-order valence-corrected chi connectivity index (χ2v) is 12.2. The summed E-state index contributed by atoms with van der Waals surface area (Å²) >= 11 is 0. The van der Waals surface area contributed by atoms with E-state index in [4.69, 9.17) is 0 Å². The summed E-state index contributed by atoms with van der Waals surface area (Å²) < 4.78 is 0. The largest absolute Gasteiger partial charge is 0.480 e. The molecule has 200 valence electrons. The highest BCUT2D eigenvalue weighted by molar-refractivity contribution is 6.10. The minimum atomic E-state index is -1.46. The summed E-state index contributed by atoms with van der Waals surface area (Å²) in [4.78, 5) is 42.0. The SMILES string of the molecule is CC(C)(C)N1C(=O)C2C(c3ccc(/C=C/c4ccccc4)cc3)NC(CC3CCCCC3)(C(=O)O)C2C1=O. The third kappa shape index (κ3) is 4.71. The highest BCUT2D eigenvalue weighted by atomic mass is 16.4. The number of likely N-dealkylation sites (tertiary alicyclic amines) is 1. The molecule has 0 radical (unpaired) electrons.